The number of halogens is 3. The van der Waals surface area contributed by atoms with Crippen molar-refractivity contribution in [1.82, 2.24) is 20.2 Å². The SMILES string of the molecule is Cn1nnnc1SCC(O)c1cccc(C(F)(F)F)c1. The highest BCUT2D eigenvalue weighted by Crippen LogP contribution is 2.31. The molecule has 20 heavy (non-hydrogen) atoms. The molecule has 1 aromatic heterocycles. The molecule has 5 nitrogen and oxygen atoms in total. The molecule has 0 radical (unpaired) electrons. The Morgan fingerprint density at radius 1 is 1.40 bits per heavy atom. The first-order chi connectivity index (χ1) is 9.38. The minimum Gasteiger partial charge on any atom is -0.388 e. The lowest BCUT2D eigenvalue weighted by atomic mass is 10.1. The fourth-order valence-electron chi connectivity index (χ4n) is 1.52. The molecule has 2 rings (SSSR count). The third kappa shape index (κ3) is 3.48. The Hall–Kier alpha value is -1.61. The summed E-state index contributed by atoms with van der Waals surface area (Å²) in [5.41, 5.74) is -0.568. The van der Waals surface area contributed by atoms with Crippen LogP contribution in [-0.2, 0) is 13.2 Å². The molecule has 0 aliphatic rings. The van der Waals surface area contributed by atoms with Gasteiger partial charge in [0.05, 0.1) is 11.7 Å². The van der Waals surface area contributed by atoms with E-state index < -0.39 is 17.8 Å². The van der Waals surface area contributed by atoms with Gasteiger partial charge in [-0.15, -0.1) is 5.10 Å². The van der Waals surface area contributed by atoms with E-state index in [4.69, 9.17) is 0 Å². The van der Waals surface area contributed by atoms with E-state index in [0.29, 0.717) is 5.16 Å². The molecule has 0 amide bonds. The largest absolute Gasteiger partial charge is 0.416 e. The molecular weight excluding hydrogens is 293 g/mol. The number of hydrogen-bond acceptors (Lipinski definition) is 5. The fraction of sp³-hybridized carbons (Fsp3) is 0.364. The quantitative estimate of drug-likeness (QED) is 0.876. The molecule has 0 saturated heterocycles. The molecule has 108 valence electrons. The van der Waals surface area contributed by atoms with Gasteiger partial charge in [0, 0.05) is 12.8 Å². The van der Waals surface area contributed by atoms with Crippen molar-refractivity contribution >= 4 is 11.8 Å². The van der Waals surface area contributed by atoms with Crippen molar-refractivity contribution in [2.75, 3.05) is 5.75 Å². The normalized spacial score (nSPS) is 13.4. The highest BCUT2D eigenvalue weighted by Gasteiger charge is 2.30. The number of rotatable bonds is 4. The maximum atomic E-state index is 12.6. The van der Waals surface area contributed by atoms with Crippen LogP contribution in [-0.4, -0.2) is 31.1 Å². The van der Waals surface area contributed by atoms with Crippen LogP contribution in [0.4, 0.5) is 13.2 Å². The second-order valence-electron chi connectivity index (χ2n) is 4.04. The first-order valence-corrected chi connectivity index (χ1v) is 6.57. The number of aromatic nitrogens is 4. The molecule has 0 saturated carbocycles. The van der Waals surface area contributed by atoms with Gasteiger partial charge in [-0.2, -0.15) is 13.2 Å². The summed E-state index contributed by atoms with van der Waals surface area (Å²) in [6.45, 7) is 0. The molecular formula is C11H11F3N4OS. The summed E-state index contributed by atoms with van der Waals surface area (Å²) in [6.07, 6.45) is -5.45. The average molecular weight is 304 g/mol. The Bertz CT molecular complexity index is 587. The average Bonchev–Trinajstić information content (AvgIpc) is 2.81. The maximum Gasteiger partial charge on any atom is 0.416 e. The van der Waals surface area contributed by atoms with Gasteiger partial charge >= 0.3 is 6.18 Å². The van der Waals surface area contributed by atoms with E-state index in [1.807, 2.05) is 0 Å². The number of tetrazole rings is 1. The third-order valence-corrected chi connectivity index (χ3v) is 3.64. The number of benzene rings is 1. The molecule has 1 aromatic carbocycles. The number of alkyl halides is 3. The van der Waals surface area contributed by atoms with Crippen LogP contribution < -0.4 is 0 Å². The van der Waals surface area contributed by atoms with Crippen LogP contribution in [0, 0.1) is 0 Å². The minimum atomic E-state index is -4.42. The van der Waals surface area contributed by atoms with Crippen molar-refractivity contribution < 1.29 is 18.3 Å². The highest BCUT2D eigenvalue weighted by atomic mass is 32.2. The molecule has 0 spiro atoms. The standard InChI is InChI=1S/C11H11F3N4OS/c1-18-10(15-16-17-18)20-6-9(19)7-3-2-4-8(5-7)11(12,13)14/h2-5,9,19H,6H2,1H3. The molecule has 1 unspecified atom stereocenters. The zero-order valence-corrected chi connectivity index (χ0v) is 11.2. The van der Waals surface area contributed by atoms with Crippen LogP contribution in [0.5, 0.6) is 0 Å². The molecule has 9 heteroatoms. The van der Waals surface area contributed by atoms with Gasteiger partial charge in [-0.3, -0.25) is 0 Å². The number of aliphatic hydroxyl groups excluding tert-OH is 1. The van der Waals surface area contributed by atoms with Gasteiger partial charge in [-0.25, -0.2) is 4.68 Å². The summed E-state index contributed by atoms with van der Waals surface area (Å²) in [7, 11) is 1.64. The van der Waals surface area contributed by atoms with E-state index in [2.05, 4.69) is 15.5 Å². The second-order valence-corrected chi connectivity index (χ2v) is 5.02. The van der Waals surface area contributed by atoms with Gasteiger partial charge in [0.15, 0.2) is 0 Å². The first-order valence-electron chi connectivity index (χ1n) is 5.58. The summed E-state index contributed by atoms with van der Waals surface area (Å²) in [4.78, 5) is 0. The highest BCUT2D eigenvalue weighted by molar-refractivity contribution is 7.99. The molecule has 0 aliphatic heterocycles. The third-order valence-electron chi connectivity index (χ3n) is 2.55. The van der Waals surface area contributed by atoms with E-state index in [1.54, 1.807) is 7.05 Å². The lowest BCUT2D eigenvalue weighted by Gasteiger charge is -2.13. The monoisotopic (exact) mass is 304 g/mol. The maximum absolute atomic E-state index is 12.6. The van der Waals surface area contributed by atoms with E-state index in [9.17, 15) is 18.3 Å². The summed E-state index contributed by atoms with van der Waals surface area (Å²) >= 11 is 1.17. The number of nitrogens with zero attached hydrogens (tertiary/aromatic N) is 4. The Morgan fingerprint density at radius 3 is 2.75 bits per heavy atom. The van der Waals surface area contributed by atoms with Crippen LogP contribution in [0.25, 0.3) is 0 Å². The molecule has 1 atom stereocenters. The van der Waals surface area contributed by atoms with Gasteiger partial charge in [-0.1, -0.05) is 23.9 Å². The van der Waals surface area contributed by atoms with Crippen molar-refractivity contribution in [1.29, 1.82) is 0 Å². The number of aliphatic hydroxyl groups is 1. The Labute approximate surface area is 116 Å². The zero-order valence-electron chi connectivity index (χ0n) is 10.4. The van der Waals surface area contributed by atoms with Gasteiger partial charge in [0.2, 0.25) is 5.16 Å². The van der Waals surface area contributed by atoms with Crippen molar-refractivity contribution in [3.63, 3.8) is 0 Å². The molecule has 1 heterocycles. The number of hydrogen-bond donors (Lipinski definition) is 1. The number of aryl methyl sites for hydroxylation is 1. The first kappa shape index (κ1) is 14.8. The van der Waals surface area contributed by atoms with Gasteiger partial charge in [0.25, 0.3) is 0 Å². The van der Waals surface area contributed by atoms with Crippen LogP contribution in [0.1, 0.15) is 17.2 Å². The zero-order chi connectivity index (χ0) is 14.8. The Balaban J connectivity index is 2.06. The summed E-state index contributed by atoms with van der Waals surface area (Å²) in [5.74, 6) is 0.162. The summed E-state index contributed by atoms with van der Waals surface area (Å²) < 4.78 is 39.2. The van der Waals surface area contributed by atoms with Gasteiger partial charge in [0.1, 0.15) is 0 Å². The molecule has 1 N–H and O–H groups in total. The van der Waals surface area contributed by atoms with Crippen LogP contribution in [0.3, 0.4) is 0 Å². The lowest BCUT2D eigenvalue weighted by Crippen LogP contribution is -2.08. The second kappa shape index (κ2) is 5.80. The predicted molar refractivity (Wildman–Crippen MR) is 65.9 cm³/mol. The van der Waals surface area contributed by atoms with E-state index in [1.165, 1.54) is 28.6 Å². The smallest absolute Gasteiger partial charge is 0.388 e. The van der Waals surface area contributed by atoms with Crippen LogP contribution in [0.15, 0.2) is 29.4 Å². The van der Waals surface area contributed by atoms with Gasteiger partial charge < -0.3 is 5.11 Å². The van der Waals surface area contributed by atoms with E-state index in [0.717, 1.165) is 12.1 Å². The predicted octanol–water partition coefficient (Wildman–Crippen LogP) is 2.05. The van der Waals surface area contributed by atoms with Gasteiger partial charge in [-0.05, 0) is 28.1 Å². The van der Waals surface area contributed by atoms with E-state index >= 15 is 0 Å². The number of thioether (sulfide) groups is 1. The topological polar surface area (TPSA) is 63.8 Å². The molecule has 0 aliphatic carbocycles. The Morgan fingerprint density at radius 2 is 2.15 bits per heavy atom. The molecule has 0 fully saturated rings. The van der Waals surface area contributed by atoms with Crippen molar-refractivity contribution in [2.45, 2.75) is 17.4 Å². The van der Waals surface area contributed by atoms with Crippen LogP contribution >= 0.6 is 11.8 Å². The summed E-state index contributed by atoms with van der Waals surface area (Å²) in [6, 6.07) is 4.64. The Kier molecular flexibility index (Phi) is 4.29. The summed E-state index contributed by atoms with van der Waals surface area (Å²) in [5, 5.41) is 21.2. The lowest BCUT2D eigenvalue weighted by molar-refractivity contribution is -0.137. The van der Waals surface area contributed by atoms with Crippen LogP contribution in [0.2, 0.25) is 0 Å². The van der Waals surface area contributed by atoms with Crippen molar-refractivity contribution in [3.8, 4) is 0 Å². The fourth-order valence-corrected chi connectivity index (χ4v) is 2.33. The minimum absolute atomic E-state index is 0.162. The van der Waals surface area contributed by atoms with E-state index in [-0.39, 0.29) is 11.3 Å². The molecule has 0 bridgehead atoms. The van der Waals surface area contributed by atoms with Crippen molar-refractivity contribution in [3.05, 3.63) is 35.4 Å². The molecule has 2 aromatic rings. The van der Waals surface area contributed by atoms with Crippen molar-refractivity contribution in [2.24, 2.45) is 7.05 Å².